The van der Waals surface area contributed by atoms with Gasteiger partial charge in [-0.3, -0.25) is 0 Å². The summed E-state index contributed by atoms with van der Waals surface area (Å²) in [5.41, 5.74) is 6.09. The average Bonchev–Trinajstić information content (AvgIpc) is 2.72. The molecule has 3 rings (SSSR count). The van der Waals surface area contributed by atoms with Crippen LogP contribution in [-0.2, 0) is 5.41 Å². The monoisotopic (exact) mass is 207 g/mol. The average molecular weight is 207 g/mol. The number of hydrogen-bond acceptors (Lipinski definition) is 4. The lowest BCUT2D eigenvalue weighted by atomic mass is 10.1. The highest BCUT2D eigenvalue weighted by Gasteiger charge is 2.44. The smallest absolute Gasteiger partial charge is 0.229 e. The Morgan fingerprint density at radius 3 is 2.80 bits per heavy atom. The second-order valence-corrected chi connectivity index (χ2v) is 5.29. The summed E-state index contributed by atoms with van der Waals surface area (Å²) in [6.07, 6.45) is 5.56. The highest BCUT2D eigenvalue weighted by molar-refractivity contribution is 5.15. The van der Waals surface area contributed by atoms with E-state index >= 15 is 0 Å². The van der Waals surface area contributed by atoms with Crippen molar-refractivity contribution in [2.24, 2.45) is 5.73 Å². The van der Waals surface area contributed by atoms with Crippen molar-refractivity contribution in [1.82, 2.24) is 10.1 Å². The molecular weight excluding hydrogens is 190 g/mol. The maximum absolute atomic E-state index is 5.88. The molecule has 0 radical (unpaired) electrons. The van der Waals surface area contributed by atoms with Crippen LogP contribution in [0.5, 0.6) is 0 Å². The van der Waals surface area contributed by atoms with E-state index in [4.69, 9.17) is 10.3 Å². The summed E-state index contributed by atoms with van der Waals surface area (Å²) in [4.78, 5) is 4.53. The summed E-state index contributed by atoms with van der Waals surface area (Å²) < 4.78 is 5.35. The molecule has 0 amide bonds. The first-order valence-electron chi connectivity index (χ1n) is 5.77. The molecule has 82 valence electrons. The van der Waals surface area contributed by atoms with Gasteiger partial charge in [0.05, 0.1) is 0 Å². The van der Waals surface area contributed by atoms with E-state index in [1.165, 1.54) is 12.8 Å². The fourth-order valence-electron chi connectivity index (χ4n) is 2.30. The van der Waals surface area contributed by atoms with Crippen LogP contribution in [0.4, 0.5) is 0 Å². The molecule has 0 aromatic carbocycles. The van der Waals surface area contributed by atoms with Crippen molar-refractivity contribution in [3.05, 3.63) is 11.7 Å². The normalized spacial score (nSPS) is 33.2. The molecule has 0 spiro atoms. The van der Waals surface area contributed by atoms with Crippen LogP contribution in [0.3, 0.4) is 0 Å². The Labute approximate surface area is 89.2 Å². The van der Waals surface area contributed by atoms with Gasteiger partial charge in [-0.2, -0.15) is 4.98 Å². The molecule has 2 unspecified atom stereocenters. The predicted octanol–water partition coefficient (Wildman–Crippen LogP) is 1.72. The third-order valence-corrected chi connectivity index (χ3v) is 3.80. The van der Waals surface area contributed by atoms with Crippen LogP contribution in [0.1, 0.15) is 56.7 Å². The summed E-state index contributed by atoms with van der Waals surface area (Å²) in [6, 6.07) is 0.321. The Bertz CT molecular complexity index is 370. The highest BCUT2D eigenvalue weighted by atomic mass is 16.5. The molecule has 2 aliphatic rings. The van der Waals surface area contributed by atoms with Gasteiger partial charge in [-0.25, -0.2) is 0 Å². The van der Waals surface area contributed by atoms with Gasteiger partial charge in [0.1, 0.15) is 0 Å². The van der Waals surface area contributed by atoms with Gasteiger partial charge < -0.3 is 10.3 Å². The molecule has 1 aromatic rings. The third-order valence-electron chi connectivity index (χ3n) is 3.80. The molecule has 2 N–H and O–H groups in total. The Morgan fingerprint density at radius 1 is 1.40 bits per heavy atom. The topological polar surface area (TPSA) is 64.9 Å². The molecule has 0 bridgehead atoms. The van der Waals surface area contributed by atoms with Gasteiger partial charge in [0.2, 0.25) is 5.89 Å². The van der Waals surface area contributed by atoms with Crippen molar-refractivity contribution in [2.45, 2.75) is 56.4 Å². The van der Waals surface area contributed by atoms with Crippen LogP contribution in [-0.4, -0.2) is 16.2 Å². The molecule has 2 saturated carbocycles. The van der Waals surface area contributed by atoms with Gasteiger partial charge in [0.15, 0.2) is 5.82 Å². The van der Waals surface area contributed by atoms with E-state index in [1.54, 1.807) is 0 Å². The highest BCUT2D eigenvalue weighted by Crippen LogP contribution is 2.46. The Morgan fingerprint density at radius 2 is 2.20 bits per heavy atom. The zero-order valence-electron chi connectivity index (χ0n) is 9.07. The molecule has 2 atom stereocenters. The lowest BCUT2D eigenvalue weighted by Gasteiger charge is -2.02. The largest absolute Gasteiger partial charge is 0.339 e. The van der Waals surface area contributed by atoms with Crippen molar-refractivity contribution in [3.8, 4) is 0 Å². The van der Waals surface area contributed by atoms with Crippen LogP contribution in [0.15, 0.2) is 4.52 Å². The van der Waals surface area contributed by atoms with Crippen molar-refractivity contribution in [1.29, 1.82) is 0 Å². The zero-order valence-corrected chi connectivity index (χ0v) is 9.07. The molecule has 0 aliphatic heterocycles. The van der Waals surface area contributed by atoms with Crippen molar-refractivity contribution in [3.63, 3.8) is 0 Å². The van der Waals surface area contributed by atoms with Crippen LogP contribution >= 0.6 is 0 Å². The SMILES string of the molecule is CC1(c2noc(C3CCC(N)C3)n2)CC1. The summed E-state index contributed by atoms with van der Waals surface area (Å²) in [5.74, 6) is 2.12. The Balaban J connectivity index is 1.79. The minimum atomic E-state index is 0.211. The van der Waals surface area contributed by atoms with Gasteiger partial charge in [-0.05, 0) is 32.1 Å². The maximum Gasteiger partial charge on any atom is 0.229 e. The third kappa shape index (κ3) is 1.57. The van der Waals surface area contributed by atoms with E-state index in [9.17, 15) is 0 Å². The molecular formula is C11H17N3O. The van der Waals surface area contributed by atoms with E-state index in [0.717, 1.165) is 31.0 Å². The van der Waals surface area contributed by atoms with E-state index in [1.807, 2.05) is 0 Å². The summed E-state index contributed by atoms with van der Waals surface area (Å²) in [5, 5.41) is 4.09. The van der Waals surface area contributed by atoms with Gasteiger partial charge in [0.25, 0.3) is 0 Å². The quantitative estimate of drug-likeness (QED) is 0.801. The van der Waals surface area contributed by atoms with E-state index in [-0.39, 0.29) is 5.41 Å². The van der Waals surface area contributed by atoms with E-state index in [2.05, 4.69) is 17.1 Å². The second-order valence-electron chi connectivity index (χ2n) is 5.29. The van der Waals surface area contributed by atoms with Crippen molar-refractivity contribution in [2.75, 3.05) is 0 Å². The predicted molar refractivity (Wildman–Crippen MR) is 55.5 cm³/mol. The second kappa shape index (κ2) is 3.04. The molecule has 2 aliphatic carbocycles. The lowest BCUT2D eigenvalue weighted by Crippen LogP contribution is -2.14. The fourth-order valence-corrected chi connectivity index (χ4v) is 2.30. The molecule has 0 saturated heterocycles. The minimum absolute atomic E-state index is 0.211. The number of nitrogens with zero attached hydrogens (tertiary/aromatic N) is 2. The van der Waals surface area contributed by atoms with Crippen LogP contribution in [0.2, 0.25) is 0 Å². The first-order valence-corrected chi connectivity index (χ1v) is 5.77. The first-order chi connectivity index (χ1) is 7.17. The number of hydrogen-bond donors (Lipinski definition) is 1. The van der Waals surface area contributed by atoms with Crippen molar-refractivity contribution < 1.29 is 4.52 Å². The summed E-state index contributed by atoms with van der Waals surface area (Å²) in [7, 11) is 0. The van der Waals surface area contributed by atoms with Crippen LogP contribution in [0, 0.1) is 0 Å². The standard InChI is InChI=1S/C11H17N3O/c1-11(4-5-11)10-13-9(15-14-10)7-2-3-8(12)6-7/h7-8H,2-6,12H2,1H3. The maximum atomic E-state index is 5.88. The first kappa shape index (κ1) is 9.33. The number of rotatable bonds is 2. The van der Waals surface area contributed by atoms with Gasteiger partial charge >= 0.3 is 0 Å². The number of aromatic nitrogens is 2. The Kier molecular flexibility index (Phi) is 1.89. The molecule has 1 aromatic heterocycles. The van der Waals surface area contributed by atoms with Crippen molar-refractivity contribution >= 4 is 0 Å². The number of nitrogens with two attached hydrogens (primary N) is 1. The van der Waals surface area contributed by atoms with Crippen LogP contribution in [0.25, 0.3) is 0 Å². The Hall–Kier alpha value is -0.900. The van der Waals surface area contributed by atoms with Gasteiger partial charge in [-0.15, -0.1) is 0 Å². The summed E-state index contributed by atoms with van der Waals surface area (Å²) >= 11 is 0. The van der Waals surface area contributed by atoms with Gasteiger partial charge in [0, 0.05) is 17.4 Å². The fraction of sp³-hybridized carbons (Fsp3) is 0.818. The van der Waals surface area contributed by atoms with Gasteiger partial charge in [-0.1, -0.05) is 12.1 Å². The minimum Gasteiger partial charge on any atom is -0.339 e. The molecule has 15 heavy (non-hydrogen) atoms. The molecule has 4 heteroatoms. The molecule has 1 heterocycles. The lowest BCUT2D eigenvalue weighted by molar-refractivity contribution is 0.347. The summed E-state index contributed by atoms with van der Waals surface area (Å²) in [6.45, 7) is 2.20. The zero-order chi connectivity index (χ0) is 10.5. The molecule has 2 fully saturated rings. The molecule has 4 nitrogen and oxygen atoms in total. The van der Waals surface area contributed by atoms with E-state index in [0.29, 0.717) is 12.0 Å². The van der Waals surface area contributed by atoms with E-state index < -0.39 is 0 Å². The van der Waals surface area contributed by atoms with Crippen LogP contribution < -0.4 is 5.73 Å².